The monoisotopic (exact) mass is 531 g/mol. The smallest absolute Gasteiger partial charge is 0.243 e. The fraction of sp³-hybridized carbons (Fsp3) is 0.519. The Morgan fingerprint density at radius 1 is 0.973 bits per heavy atom. The minimum absolute atomic E-state index is 0.0562. The first-order chi connectivity index (χ1) is 17.5. The molecule has 1 aliphatic rings. The molecule has 0 radical (unpaired) electrons. The Kier molecular flexibility index (Phi) is 9.94. The predicted octanol–water partition coefficient (Wildman–Crippen LogP) is 2.64. The number of rotatable bonds is 11. The quantitative estimate of drug-likeness (QED) is 0.477. The Morgan fingerprint density at radius 2 is 1.57 bits per heavy atom. The topological polar surface area (TPSA) is 85.4 Å². The van der Waals surface area contributed by atoms with Gasteiger partial charge in [-0.05, 0) is 75.5 Å². The van der Waals surface area contributed by atoms with Gasteiger partial charge >= 0.3 is 0 Å². The molecule has 0 spiro atoms. The number of ether oxygens (including phenoxy) is 1. The molecule has 9 nitrogen and oxygen atoms in total. The minimum Gasteiger partial charge on any atom is -0.497 e. The summed E-state index contributed by atoms with van der Waals surface area (Å²) in [5, 5.41) is 2.88. The fourth-order valence-corrected chi connectivity index (χ4v) is 6.10. The molecule has 3 rings (SSSR count). The average Bonchev–Trinajstić information content (AvgIpc) is 2.86. The van der Waals surface area contributed by atoms with Crippen LogP contribution in [-0.4, -0.2) is 102 Å². The summed E-state index contributed by atoms with van der Waals surface area (Å²) in [4.78, 5) is 19.9. The van der Waals surface area contributed by atoms with Crippen molar-refractivity contribution in [1.29, 1.82) is 0 Å². The maximum atomic E-state index is 13.2. The number of sulfonamides is 1. The van der Waals surface area contributed by atoms with Crippen molar-refractivity contribution in [3.8, 4) is 5.75 Å². The molecule has 1 N–H and O–H groups in total. The van der Waals surface area contributed by atoms with Gasteiger partial charge in [-0.1, -0.05) is 0 Å². The number of benzene rings is 2. The molecule has 0 aromatic heterocycles. The summed E-state index contributed by atoms with van der Waals surface area (Å²) < 4.78 is 32.8. The third-order valence-electron chi connectivity index (χ3n) is 6.74. The fourth-order valence-electron chi connectivity index (χ4n) is 4.52. The van der Waals surface area contributed by atoms with Gasteiger partial charge in [-0.2, -0.15) is 0 Å². The van der Waals surface area contributed by atoms with E-state index in [1.807, 2.05) is 24.3 Å². The summed E-state index contributed by atoms with van der Waals surface area (Å²) in [5.74, 6) is 0.386. The van der Waals surface area contributed by atoms with Crippen LogP contribution >= 0.6 is 0 Å². The molecule has 37 heavy (non-hydrogen) atoms. The molecule has 0 atom stereocenters. The molecule has 2 aromatic rings. The summed E-state index contributed by atoms with van der Waals surface area (Å²) >= 11 is 0. The molecule has 204 valence electrons. The van der Waals surface area contributed by atoms with Gasteiger partial charge in [-0.3, -0.25) is 9.69 Å². The number of piperazine rings is 1. The Morgan fingerprint density at radius 3 is 2.11 bits per heavy atom. The van der Waals surface area contributed by atoms with Crippen LogP contribution in [0.25, 0.3) is 0 Å². The van der Waals surface area contributed by atoms with Gasteiger partial charge in [0, 0.05) is 70.7 Å². The molecular weight excluding hydrogens is 490 g/mol. The van der Waals surface area contributed by atoms with Crippen LogP contribution in [-0.2, 0) is 14.8 Å². The van der Waals surface area contributed by atoms with E-state index in [0.717, 1.165) is 45.0 Å². The first-order valence-corrected chi connectivity index (χ1v) is 14.1. The molecule has 1 fully saturated rings. The molecule has 0 saturated carbocycles. The molecule has 2 aromatic carbocycles. The summed E-state index contributed by atoms with van der Waals surface area (Å²) in [6.07, 6.45) is 0.0562. The van der Waals surface area contributed by atoms with E-state index < -0.39 is 10.0 Å². The van der Waals surface area contributed by atoms with E-state index in [4.69, 9.17) is 4.74 Å². The Hall–Kier alpha value is -2.66. The zero-order valence-electron chi connectivity index (χ0n) is 23.0. The van der Waals surface area contributed by atoms with Crippen LogP contribution in [0.15, 0.2) is 41.3 Å². The number of hydrogen-bond donors (Lipinski definition) is 1. The van der Waals surface area contributed by atoms with Gasteiger partial charge in [0.1, 0.15) is 5.75 Å². The first kappa shape index (κ1) is 28.9. The van der Waals surface area contributed by atoms with Crippen molar-refractivity contribution in [2.24, 2.45) is 0 Å². The number of likely N-dealkylation sites (N-methyl/N-ethyl adjacent to an activating group) is 1. The van der Waals surface area contributed by atoms with Gasteiger partial charge in [-0.25, -0.2) is 12.7 Å². The highest BCUT2D eigenvalue weighted by Gasteiger charge is 2.26. The van der Waals surface area contributed by atoms with E-state index in [9.17, 15) is 13.2 Å². The highest BCUT2D eigenvalue weighted by molar-refractivity contribution is 7.89. The number of methoxy groups -OCH3 is 1. The third-order valence-corrected chi connectivity index (χ3v) is 8.91. The van der Waals surface area contributed by atoms with Crippen molar-refractivity contribution in [3.63, 3.8) is 0 Å². The van der Waals surface area contributed by atoms with Crippen molar-refractivity contribution in [1.82, 2.24) is 14.1 Å². The molecule has 0 bridgehead atoms. The first-order valence-electron chi connectivity index (χ1n) is 12.6. The molecule has 1 heterocycles. The number of anilines is 2. The summed E-state index contributed by atoms with van der Waals surface area (Å²) in [5.41, 5.74) is 3.07. The molecule has 0 unspecified atom stereocenters. The third kappa shape index (κ3) is 7.67. The number of carbonyl (C=O) groups is 1. The van der Waals surface area contributed by atoms with E-state index in [2.05, 4.69) is 34.1 Å². The normalized spacial score (nSPS) is 14.9. The zero-order chi connectivity index (χ0) is 27.2. The molecule has 1 amide bonds. The van der Waals surface area contributed by atoms with Crippen LogP contribution in [0.3, 0.4) is 0 Å². The Labute approximate surface area is 222 Å². The van der Waals surface area contributed by atoms with Gasteiger partial charge in [0.25, 0.3) is 0 Å². The van der Waals surface area contributed by atoms with Crippen molar-refractivity contribution in [3.05, 3.63) is 47.5 Å². The highest BCUT2D eigenvalue weighted by atomic mass is 32.2. The average molecular weight is 532 g/mol. The van der Waals surface area contributed by atoms with Crippen LogP contribution in [0.4, 0.5) is 11.4 Å². The summed E-state index contributed by atoms with van der Waals surface area (Å²) in [6, 6.07) is 11.3. The second kappa shape index (κ2) is 12.7. The SMILES string of the molecule is COc1cc(C)c(S(=O)(=O)N(C)CCC(=O)Nc2ccc(N3CCN(CCN(C)C)CC3)cc2)c(C)c1. The predicted molar refractivity (Wildman–Crippen MR) is 149 cm³/mol. The Bertz CT molecular complexity index is 1140. The summed E-state index contributed by atoms with van der Waals surface area (Å²) in [6.45, 7) is 9.76. The Balaban J connectivity index is 1.50. The number of aryl methyl sites for hydroxylation is 2. The van der Waals surface area contributed by atoms with Crippen LogP contribution in [0.5, 0.6) is 5.75 Å². The number of nitrogens with zero attached hydrogens (tertiary/aromatic N) is 4. The van der Waals surface area contributed by atoms with Crippen LogP contribution < -0.4 is 15.0 Å². The zero-order valence-corrected chi connectivity index (χ0v) is 23.8. The van der Waals surface area contributed by atoms with Crippen LogP contribution in [0.2, 0.25) is 0 Å². The van der Waals surface area contributed by atoms with Crippen molar-refractivity contribution < 1.29 is 17.9 Å². The number of carbonyl (C=O) groups excluding carboxylic acids is 1. The van der Waals surface area contributed by atoms with Gasteiger partial charge in [0.15, 0.2) is 0 Å². The lowest BCUT2D eigenvalue weighted by molar-refractivity contribution is -0.116. The van der Waals surface area contributed by atoms with Crippen molar-refractivity contribution in [2.75, 3.05) is 84.3 Å². The lowest BCUT2D eigenvalue weighted by Crippen LogP contribution is -2.48. The standard InChI is InChI=1S/C27H41N5O4S/c1-21-19-25(36-6)20-22(2)27(21)37(34,35)30(5)12-11-26(33)28-23-7-9-24(10-8-23)32-17-15-31(16-18-32)14-13-29(3)4/h7-10,19-20H,11-18H2,1-6H3,(H,28,33). The van der Waals surface area contributed by atoms with E-state index in [1.54, 1.807) is 33.1 Å². The number of amides is 1. The van der Waals surface area contributed by atoms with Gasteiger partial charge < -0.3 is 19.9 Å². The minimum atomic E-state index is -3.74. The maximum absolute atomic E-state index is 13.2. The highest BCUT2D eigenvalue weighted by Crippen LogP contribution is 2.28. The van der Waals surface area contributed by atoms with E-state index in [0.29, 0.717) is 22.6 Å². The molecule has 1 aliphatic heterocycles. The van der Waals surface area contributed by atoms with Gasteiger partial charge in [0.05, 0.1) is 12.0 Å². The van der Waals surface area contributed by atoms with Crippen molar-refractivity contribution in [2.45, 2.75) is 25.2 Å². The largest absolute Gasteiger partial charge is 0.497 e. The molecule has 0 aliphatic carbocycles. The molecule has 10 heteroatoms. The van der Waals surface area contributed by atoms with E-state index in [-0.39, 0.29) is 23.8 Å². The number of hydrogen-bond acceptors (Lipinski definition) is 7. The molecular formula is C27H41N5O4S. The second-order valence-electron chi connectivity index (χ2n) is 9.89. The number of nitrogens with one attached hydrogen (secondary N) is 1. The van der Waals surface area contributed by atoms with Crippen molar-refractivity contribution >= 4 is 27.3 Å². The van der Waals surface area contributed by atoms with Gasteiger partial charge in [0.2, 0.25) is 15.9 Å². The summed E-state index contributed by atoms with van der Waals surface area (Å²) in [7, 11) is 3.51. The molecule has 1 saturated heterocycles. The second-order valence-corrected chi connectivity index (χ2v) is 11.9. The van der Waals surface area contributed by atoms with E-state index in [1.165, 1.54) is 11.4 Å². The van der Waals surface area contributed by atoms with Crippen LogP contribution in [0.1, 0.15) is 17.5 Å². The van der Waals surface area contributed by atoms with Gasteiger partial charge in [-0.15, -0.1) is 0 Å². The lowest BCUT2D eigenvalue weighted by atomic mass is 10.1. The lowest BCUT2D eigenvalue weighted by Gasteiger charge is -2.36. The van der Waals surface area contributed by atoms with E-state index >= 15 is 0 Å². The maximum Gasteiger partial charge on any atom is 0.243 e. The van der Waals surface area contributed by atoms with Crippen LogP contribution in [0, 0.1) is 13.8 Å².